The van der Waals surface area contributed by atoms with Crippen molar-refractivity contribution in [1.82, 2.24) is 9.62 Å². The zero-order valence-corrected chi connectivity index (χ0v) is 17.4. The van der Waals surface area contributed by atoms with Crippen molar-refractivity contribution in [1.29, 1.82) is 0 Å². The molecule has 1 aromatic rings. The van der Waals surface area contributed by atoms with Crippen molar-refractivity contribution in [2.24, 2.45) is 11.7 Å². The van der Waals surface area contributed by atoms with E-state index in [4.69, 9.17) is 10.5 Å². The molecule has 0 radical (unpaired) electrons. The van der Waals surface area contributed by atoms with E-state index in [2.05, 4.69) is 4.72 Å². The Labute approximate surface area is 162 Å². The molecule has 26 heavy (non-hydrogen) atoms. The first-order chi connectivity index (χ1) is 11.7. The highest BCUT2D eigenvalue weighted by Gasteiger charge is 2.18. The molecule has 0 aliphatic carbocycles. The Morgan fingerprint density at radius 3 is 2.58 bits per heavy atom. The SMILES string of the molecule is COCCNS(=O)(=O)c1cccc(C(=O)N(C)CCC(N)C(C)C)c1.Cl. The van der Waals surface area contributed by atoms with Crippen LogP contribution in [-0.2, 0) is 14.8 Å². The highest BCUT2D eigenvalue weighted by Crippen LogP contribution is 2.13. The van der Waals surface area contributed by atoms with Gasteiger partial charge in [-0.3, -0.25) is 4.79 Å². The van der Waals surface area contributed by atoms with Crippen LogP contribution in [0.15, 0.2) is 29.2 Å². The van der Waals surface area contributed by atoms with Crippen molar-refractivity contribution in [3.05, 3.63) is 29.8 Å². The Hall–Kier alpha value is -1.19. The van der Waals surface area contributed by atoms with E-state index < -0.39 is 10.0 Å². The van der Waals surface area contributed by atoms with E-state index >= 15 is 0 Å². The fourth-order valence-electron chi connectivity index (χ4n) is 2.16. The molecule has 0 aromatic heterocycles. The van der Waals surface area contributed by atoms with E-state index in [1.165, 1.54) is 19.2 Å². The lowest BCUT2D eigenvalue weighted by atomic mass is 10.0. The molecule has 1 atom stereocenters. The zero-order chi connectivity index (χ0) is 19.0. The van der Waals surface area contributed by atoms with E-state index in [1.54, 1.807) is 24.1 Å². The molecule has 9 heteroatoms. The third-order valence-corrected chi connectivity index (χ3v) is 5.45. The van der Waals surface area contributed by atoms with Gasteiger partial charge in [0.25, 0.3) is 5.91 Å². The van der Waals surface area contributed by atoms with Gasteiger partial charge in [0.2, 0.25) is 10.0 Å². The fraction of sp³-hybridized carbons (Fsp3) is 0.588. The Kier molecular flexibility index (Phi) is 11.0. The monoisotopic (exact) mass is 407 g/mol. The van der Waals surface area contributed by atoms with Crippen molar-refractivity contribution in [3.8, 4) is 0 Å². The maximum Gasteiger partial charge on any atom is 0.253 e. The largest absolute Gasteiger partial charge is 0.383 e. The number of nitrogens with two attached hydrogens (primary N) is 1. The third kappa shape index (κ3) is 7.59. The number of hydrogen-bond donors (Lipinski definition) is 2. The van der Waals surface area contributed by atoms with Gasteiger partial charge in [-0.25, -0.2) is 13.1 Å². The maximum atomic E-state index is 12.5. The molecule has 0 fully saturated rings. The lowest BCUT2D eigenvalue weighted by molar-refractivity contribution is 0.0789. The highest BCUT2D eigenvalue weighted by atomic mass is 35.5. The van der Waals surface area contributed by atoms with Gasteiger partial charge in [-0.1, -0.05) is 19.9 Å². The molecular weight excluding hydrogens is 378 g/mol. The molecule has 1 unspecified atom stereocenters. The molecule has 0 heterocycles. The smallest absolute Gasteiger partial charge is 0.253 e. The van der Waals surface area contributed by atoms with Crippen LogP contribution in [0, 0.1) is 5.92 Å². The van der Waals surface area contributed by atoms with Gasteiger partial charge in [-0.2, -0.15) is 0 Å². The normalized spacial score (nSPS) is 12.5. The minimum atomic E-state index is -3.67. The number of benzene rings is 1. The van der Waals surface area contributed by atoms with Gasteiger partial charge >= 0.3 is 0 Å². The number of nitrogens with one attached hydrogen (secondary N) is 1. The Morgan fingerprint density at radius 2 is 2.00 bits per heavy atom. The fourth-order valence-corrected chi connectivity index (χ4v) is 3.21. The molecule has 0 bridgehead atoms. The minimum absolute atomic E-state index is 0. The number of carbonyl (C=O) groups excluding carboxylic acids is 1. The van der Waals surface area contributed by atoms with E-state index in [-0.39, 0.29) is 42.4 Å². The molecular formula is C17H30ClN3O4S. The van der Waals surface area contributed by atoms with Crippen molar-refractivity contribution in [3.63, 3.8) is 0 Å². The van der Waals surface area contributed by atoms with Crippen LogP contribution in [0.3, 0.4) is 0 Å². The maximum absolute atomic E-state index is 12.5. The number of nitrogens with zero attached hydrogens (tertiary/aromatic N) is 1. The predicted molar refractivity (Wildman–Crippen MR) is 105 cm³/mol. The number of methoxy groups -OCH3 is 1. The van der Waals surface area contributed by atoms with Crippen molar-refractivity contribution in [2.45, 2.75) is 31.2 Å². The van der Waals surface area contributed by atoms with Crippen molar-refractivity contribution < 1.29 is 17.9 Å². The topological polar surface area (TPSA) is 102 Å². The molecule has 7 nitrogen and oxygen atoms in total. The Morgan fingerprint density at radius 1 is 1.35 bits per heavy atom. The number of ether oxygens (including phenoxy) is 1. The number of sulfonamides is 1. The van der Waals surface area contributed by atoms with E-state index in [9.17, 15) is 13.2 Å². The molecule has 3 N–H and O–H groups in total. The van der Waals surface area contributed by atoms with Crippen LogP contribution >= 0.6 is 12.4 Å². The Bertz CT molecular complexity index is 668. The number of carbonyl (C=O) groups is 1. The minimum Gasteiger partial charge on any atom is -0.383 e. The van der Waals surface area contributed by atoms with Crippen LogP contribution in [-0.4, -0.2) is 59.1 Å². The van der Waals surface area contributed by atoms with E-state index in [0.29, 0.717) is 24.4 Å². The van der Waals surface area contributed by atoms with Crippen LogP contribution in [0.1, 0.15) is 30.6 Å². The first kappa shape index (κ1) is 24.8. The summed E-state index contributed by atoms with van der Waals surface area (Å²) in [5, 5.41) is 0. The highest BCUT2D eigenvalue weighted by molar-refractivity contribution is 7.89. The second-order valence-electron chi connectivity index (χ2n) is 6.34. The number of amides is 1. The number of halogens is 1. The average Bonchev–Trinajstić information content (AvgIpc) is 2.58. The molecule has 0 aliphatic rings. The lowest BCUT2D eigenvalue weighted by Crippen LogP contribution is -2.34. The summed E-state index contributed by atoms with van der Waals surface area (Å²) in [4.78, 5) is 14.1. The standard InChI is InChI=1S/C17H29N3O4S.ClH/c1-13(2)16(18)8-10-20(3)17(21)14-6-5-7-15(12-14)25(22,23)19-9-11-24-4;/h5-7,12-13,16,19H,8-11,18H2,1-4H3;1H. The zero-order valence-electron chi connectivity index (χ0n) is 15.8. The molecule has 0 spiro atoms. The van der Waals surface area contributed by atoms with Crippen LogP contribution in [0.2, 0.25) is 0 Å². The summed E-state index contributed by atoms with van der Waals surface area (Å²) < 4.78 is 31.7. The molecule has 1 amide bonds. The van der Waals surface area contributed by atoms with Gasteiger partial charge in [-0.05, 0) is 30.5 Å². The summed E-state index contributed by atoms with van der Waals surface area (Å²) in [7, 11) is -0.489. The molecule has 150 valence electrons. The van der Waals surface area contributed by atoms with Gasteiger partial charge in [-0.15, -0.1) is 12.4 Å². The second kappa shape index (κ2) is 11.5. The summed E-state index contributed by atoms with van der Waals surface area (Å²) in [5.74, 6) is 0.111. The third-order valence-electron chi connectivity index (χ3n) is 3.99. The predicted octanol–water partition coefficient (Wildman–Crippen LogP) is 1.48. The van der Waals surface area contributed by atoms with Crippen LogP contribution in [0.4, 0.5) is 0 Å². The van der Waals surface area contributed by atoms with Gasteiger partial charge in [0.15, 0.2) is 0 Å². The lowest BCUT2D eigenvalue weighted by Gasteiger charge is -2.21. The van der Waals surface area contributed by atoms with Crippen LogP contribution in [0.5, 0.6) is 0 Å². The van der Waals surface area contributed by atoms with Gasteiger partial charge in [0, 0.05) is 38.9 Å². The molecule has 0 aliphatic heterocycles. The second-order valence-corrected chi connectivity index (χ2v) is 8.11. The summed E-state index contributed by atoms with van der Waals surface area (Å²) in [6, 6.07) is 6.03. The van der Waals surface area contributed by atoms with E-state index in [0.717, 1.165) is 0 Å². The summed E-state index contributed by atoms with van der Waals surface area (Å²) in [6.45, 7) is 5.04. The molecule has 1 rings (SSSR count). The first-order valence-electron chi connectivity index (χ1n) is 8.28. The van der Waals surface area contributed by atoms with Crippen molar-refractivity contribution in [2.75, 3.05) is 33.9 Å². The van der Waals surface area contributed by atoms with Gasteiger partial charge in [0.1, 0.15) is 0 Å². The number of rotatable bonds is 10. The van der Waals surface area contributed by atoms with Crippen LogP contribution in [0.25, 0.3) is 0 Å². The van der Waals surface area contributed by atoms with E-state index in [1.807, 2.05) is 13.8 Å². The molecule has 1 aromatic carbocycles. The van der Waals surface area contributed by atoms with Gasteiger partial charge in [0.05, 0.1) is 11.5 Å². The first-order valence-corrected chi connectivity index (χ1v) is 9.77. The quantitative estimate of drug-likeness (QED) is 0.572. The average molecular weight is 408 g/mol. The summed E-state index contributed by atoms with van der Waals surface area (Å²) >= 11 is 0. The summed E-state index contributed by atoms with van der Waals surface area (Å²) in [6.07, 6.45) is 0.691. The van der Waals surface area contributed by atoms with Gasteiger partial charge < -0.3 is 15.4 Å². The summed E-state index contributed by atoms with van der Waals surface area (Å²) in [5.41, 5.74) is 6.34. The molecule has 0 saturated heterocycles. The number of hydrogen-bond acceptors (Lipinski definition) is 5. The van der Waals surface area contributed by atoms with Crippen molar-refractivity contribution >= 4 is 28.3 Å². The Balaban J connectivity index is 0.00000625. The van der Waals surface area contributed by atoms with Crippen LogP contribution < -0.4 is 10.5 Å². The molecule has 0 saturated carbocycles.